The van der Waals surface area contributed by atoms with E-state index in [0.29, 0.717) is 5.41 Å². The minimum absolute atomic E-state index is 0.351. The monoisotopic (exact) mass is 268 g/mol. The standard InChI is InChI=1S/C16H32N2O/c1-6-11-18-16(5,14-17)9-7-8-12-19-13-10-15(2,3)4/h18H,6-13H2,1-5H3. The lowest BCUT2D eigenvalue weighted by Crippen LogP contribution is -2.41. The predicted molar refractivity (Wildman–Crippen MR) is 81.1 cm³/mol. The van der Waals surface area contributed by atoms with Crippen molar-refractivity contribution in [2.24, 2.45) is 5.41 Å². The van der Waals surface area contributed by atoms with Crippen molar-refractivity contribution in [2.75, 3.05) is 19.8 Å². The number of ether oxygens (including phenoxy) is 1. The van der Waals surface area contributed by atoms with Crippen LogP contribution in [0.3, 0.4) is 0 Å². The topological polar surface area (TPSA) is 45.0 Å². The molecule has 0 radical (unpaired) electrons. The Hall–Kier alpha value is -0.590. The van der Waals surface area contributed by atoms with E-state index in [0.717, 1.165) is 51.9 Å². The fraction of sp³-hybridized carbons (Fsp3) is 0.938. The summed E-state index contributed by atoms with van der Waals surface area (Å²) >= 11 is 0. The summed E-state index contributed by atoms with van der Waals surface area (Å²) in [6.07, 6.45) is 5.13. The third-order valence-corrected chi connectivity index (χ3v) is 3.22. The van der Waals surface area contributed by atoms with E-state index < -0.39 is 0 Å². The number of nitrogens with one attached hydrogen (secondary N) is 1. The molecule has 1 atom stereocenters. The summed E-state index contributed by atoms with van der Waals surface area (Å²) in [6.45, 7) is 13.4. The van der Waals surface area contributed by atoms with Crippen LogP contribution in [0, 0.1) is 16.7 Å². The van der Waals surface area contributed by atoms with Crippen molar-refractivity contribution in [3.8, 4) is 6.07 Å². The molecular weight excluding hydrogens is 236 g/mol. The third kappa shape index (κ3) is 11.0. The van der Waals surface area contributed by atoms with Crippen LogP contribution < -0.4 is 5.32 Å². The Morgan fingerprint density at radius 2 is 1.74 bits per heavy atom. The molecule has 0 fully saturated rings. The van der Waals surface area contributed by atoms with Gasteiger partial charge in [-0.15, -0.1) is 0 Å². The molecule has 0 saturated carbocycles. The summed E-state index contributed by atoms with van der Waals surface area (Å²) in [5.74, 6) is 0. The highest BCUT2D eigenvalue weighted by molar-refractivity contribution is 5.03. The molecule has 0 rings (SSSR count). The SMILES string of the molecule is CCCNC(C)(C#N)CCCCOCCC(C)(C)C. The first-order valence-electron chi connectivity index (χ1n) is 7.57. The van der Waals surface area contributed by atoms with E-state index >= 15 is 0 Å². The van der Waals surface area contributed by atoms with Crippen LogP contribution >= 0.6 is 0 Å². The smallest absolute Gasteiger partial charge is 0.103 e. The average molecular weight is 268 g/mol. The van der Waals surface area contributed by atoms with Crippen LogP contribution in [0.4, 0.5) is 0 Å². The van der Waals surface area contributed by atoms with Crippen molar-refractivity contribution in [1.29, 1.82) is 5.26 Å². The fourth-order valence-electron chi connectivity index (χ4n) is 1.75. The molecule has 1 N–H and O–H groups in total. The molecular formula is C16H32N2O. The highest BCUT2D eigenvalue weighted by atomic mass is 16.5. The summed E-state index contributed by atoms with van der Waals surface area (Å²) < 4.78 is 5.64. The molecule has 0 saturated heterocycles. The second kappa shape index (κ2) is 9.34. The zero-order valence-corrected chi connectivity index (χ0v) is 13.5. The molecule has 0 aliphatic carbocycles. The van der Waals surface area contributed by atoms with Gasteiger partial charge in [-0.1, -0.05) is 27.7 Å². The molecule has 0 aromatic carbocycles. The van der Waals surface area contributed by atoms with E-state index in [9.17, 15) is 5.26 Å². The average Bonchev–Trinajstić information content (AvgIpc) is 2.34. The Labute approximate surface area is 119 Å². The van der Waals surface area contributed by atoms with Gasteiger partial charge in [0.2, 0.25) is 0 Å². The minimum atomic E-state index is -0.374. The molecule has 3 nitrogen and oxygen atoms in total. The van der Waals surface area contributed by atoms with Gasteiger partial charge in [-0.3, -0.25) is 5.32 Å². The molecule has 19 heavy (non-hydrogen) atoms. The summed E-state index contributed by atoms with van der Waals surface area (Å²) in [5.41, 5.74) is -0.0229. The zero-order valence-electron chi connectivity index (χ0n) is 13.5. The minimum Gasteiger partial charge on any atom is -0.381 e. The Morgan fingerprint density at radius 3 is 2.26 bits per heavy atom. The van der Waals surface area contributed by atoms with Gasteiger partial charge in [-0.2, -0.15) is 5.26 Å². The molecule has 0 aliphatic rings. The number of unbranched alkanes of at least 4 members (excludes halogenated alkanes) is 1. The van der Waals surface area contributed by atoms with Crippen LogP contribution in [0.1, 0.15) is 66.7 Å². The summed E-state index contributed by atoms with van der Waals surface area (Å²) in [5, 5.41) is 12.5. The maximum atomic E-state index is 9.20. The van der Waals surface area contributed by atoms with E-state index in [2.05, 4.69) is 39.1 Å². The fourth-order valence-corrected chi connectivity index (χ4v) is 1.75. The molecule has 0 aromatic rings. The molecule has 0 bridgehead atoms. The van der Waals surface area contributed by atoms with Crippen LogP contribution in [-0.4, -0.2) is 25.3 Å². The lowest BCUT2D eigenvalue weighted by atomic mass is 9.93. The quantitative estimate of drug-likeness (QED) is 0.611. The molecule has 3 heteroatoms. The van der Waals surface area contributed by atoms with Crippen LogP contribution in [0.2, 0.25) is 0 Å². The first kappa shape index (κ1) is 18.4. The first-order chi connectivity index (χ1) is 8.83. The van der Waals surface area contributed by atoms with Gasteiger partial charge in [0.25, 0.3) is 0 Å². The molecule has 112 valence electrons. The van der Waals surface area contributed by atoms with Crippen molar-refractivity contribution < 1.29 is 4.74 Å². The van der Waals surface area contributed by atoms with Gasteiger partial charge in [-0.25, -0.2) is 0 Å². The van der Waals surface area contributed by atoms with E-state index in [1.165, 1.54) is 0 Å². The predicted octanol–water partition coefficient (Wildman–Crippen LogP) is 3.89. The van der Waals surface area contributed by atoms with Gasteiger partial charge in [0, 0.05) is 13.2 Å². The molecule has 0 spiro atoms. The Balaban J connectivity index is 3.59. The van der Waals surface area contributed by atoms with E-state index in [4.69, 9.17) is 4.74 Å². The number of rotatable bonds is 10. The number of hydrogen-bond donors (Lipinski definition) is 1. The second-order valence-electron chi connectivity index (χ2n) is 6.75. The lowest BCUT2D eigenvalue weighted by molar-refractivity contribution is 0.104. The van der Waals surface area contributed by atoms with Gasteiger partial charge < -0.3 is 4.74 Å². The molecule has 0 aliphatic heterocycles. The van der Waals surface area contributed by atoms with Crippen LogP contribution in [0.25, 0.3) is 0 Å². The van der Waals surface area contributed by atoms with Crippen LogP contribution in [0.15, 0.2) is 0 Å². The number of nitrogens with zero attached hydrogens (tertiary/aromatic N) is 1. The number of nitriles is 1. The molecule has 0 aromatic heterocycles. The Bertz CT molecular complexity index is 265. The largest absolute Gasteiger partial charge is 0.381 e. The lowest BCUT2D eigenvalue weighted by Gasteiger charge is -2.23. The van der Waals surface area contributed by atoms with E-state index in [1.807, 2.05) is 6.92 Å². The normalized spacial score (nSPS) is 14.9. The van der Waals surface area contributed by atoms with Gasteiger partial charge in [0.1, 0.15) is 5.54 Å². The Morgan fingerprint density at radius 1 is 1.05 bits per heavy atom. The summed E-state index contributed by atoms with van der Waals surface area (Å²) in [4.78, 5) is 0. The van der Waals surface area contributed by atoms with Gasteiger partial charge in [0.15, 0.2) is 0 Å². The highest BCUT2D eigenvalue weighted by Gasteiger charge is 2.21. The van der Waals surface area contributed by atoms with Crippen molar-refractivity contribution in [1.82, 2.24) is 5.32 Å². The summed E-state index contributed by atoms with van der Waals surface area (Å²) in [6, 6.07) is 2.38. The summed E-state index contributed by atoms with van der Waals surface area (Å²) in [7, 11) is 0. The Kier molecular flexibility index (Phi) is 9.05. The van der Waals surface area contributed by atoms with Gasteiger partial charge >= 0.3 is 0 Å². The van der Waals surface area contributed by atoms with Crippen molar-refractivity contribution in [3.63, 3.8) is 0 Å². The van der Waals surface area contributed by atoms with Gasteiger partial charge in [0.05, 0.1) is 6.07 Å². The van der Waals surface area contributed by atoms with Crippen molar-refractivity contribution >= 4 is 0 Å². The first-order valence-corrected chi connectivity index (χ1v) is 7.57. The molecule has 0 amide bonds. The van der Waals surface area contributed by atoms with Crippen molar-refractivity contribution in [3.05, 3.63) is 0 Å². The van der Waals surface area contributed by atoms with Crippen LogP contribution in [-0.2, 0) is 4.74 Å². The maximum Gasteiger partial charge on any atom is 0.103 e. The van der Waals surface area contributed by atoms with Gasteiger partial charge in [-0.05, 0) is 51.0 Å². The molecule has 0 heterocycles. The maximum absolute atomic E-state index is 9.20. The zero-order chi connectivity index (χ0) is 14.8. The second-order valence-corrected chi connectivity index (χ2v) is 6.75. The van der Waals surface area contributed by atoms with E-state index in [1.54, 1.807) is 0 Å². The van der Waals surface area contributed by atoms with E-state index in [-0.39, 0.29) is 5.54 Å². The number of hydrogen-bond acceptors (Lipinski definition) is 3. The van der Waals surface area contributed by atoms with Crippen LogP contribution in [0.5, 0.6) is 0 Å². The molecule has 1 unspecified atom stereocenters. The third-order valence-electron chi connectivity index (χ3n) is 3.22. The highest BCUT2D eigenvalue weighted by Crippen LogP contribution is 2.18. The van der Waals surface area contributed by atoms with Crippen molar-refractivity contribution in [2.45, 2.75) is 72.3 Å².